The molecular formula is C43H44SiV-6. The quantitative estimate of drug-likeness (QED) is 0.133. The van der Waals surface area contributed by atoms with Crippen molar-refractivity contribution in [2.24, 2.45) is 0 Å². The molecule has 0 saturated heterocycles. The van der Waals surface area contributed by atoms with Crippen molar-refractivity contribution < 1.29 is 16.3 Å². The van der Waals surface area contributed by atoms with Crippen molar-refractivity contribution in [2.75, 3.05) is 0 Å². The Labute approximate surface area is 284 Å². The molecule has 0 unspecified atom stereocenters. The van der Waals surface area contributed by atoms with E-state index in [0.29, 0.717) is 0 Å². The zero-order chi connectivity index (χ0) is 29.6. The van der Waals surface area contributed by atoms with Gasteiger partial charge < -0.3 is 22.3 Å². The smallest absolute Gasteiger partial charge is 0.171 e. The third kappa shape index (κ3) is 10.6. The fraction of sp³-hybridized carbons (Fsp3) is 0.0930. The van der Waals surface area contributed by atoms with Gasteiger partial charge in [-0.3, -0.25) is 0 Å². The summed E-state index contributed by atoms with van der Waals surface area (Å²) in [5.41, 5.74) is 8.11. The number of aryl methyl sites for hydroxylation is 2. The Hall–Kier alpha value is -3.88. The Kier molecular flexibility index (Phi) is 18.2. The summed E-state index contributed by atoms with van der Waals surface area (Å²) in [7, 11) is 2.91. The molecule has 0 fully saturated rings. The molecule has 0 amide bonds. The molecule has 7 aromatic carbocycles. The van der Waals surface area contributed by atoms with Crippen LogP contribution in [0.5, 0.6) is 0 Å². The molecule has 45 heavy (non-hydrogen) atoms. The van der Waals surface area contributed by atoms with E-state index in [4.69, 9.17) is 0 Å². The van der Waals surface area contributed by atoms with E-state index in [0.717, 1.165) is 12.8 Å². The predicted octanol–water partition coefficient (Wildman–Crippen LogP) is 12.0. The Balaban J connectivity index is 0.000000345. The van der Waals surface area contributed by atoms with Crippen LogP contribution in [-0.4, -0.2) is 8.15 Å². The average molecular weight is 640 g/mol. The first kappa shape index (κ1) is 39.1. The summed E-state index contributed by atoms with van der Waals surface area (Å²) in [5, 5.41) is 5.44. The number of hydrogen-bond donors (Lipinski definition) is 0. The summed E-state index contributed by atoms with van der Waals surface area (Å²) in [5.74, 6) is 0. The standard InChI is InChI=1S/2C17H15.C6H5.3CH3.Si.V/c2*1-2-13-11-15-9-6-10-16(17(15)12-13)14-7-4-3-5-8-14;1-2-4-6-5-3-1;;;;;/h2*3-12H,2H2,1H3;1-5H;3*1H3;;/q6*-1;;. The topological polar surface area (TPSA) is 0 Å². The first-order chi connectivity index (χ1) is 20.8. The van der Waals surface area contributed by atoms with Crippen LogP contribution in [0.3, 0.4) is 0 Å². The monoisotopic (exact) mass is 639 g/mol. The van der Waals surface area contributed by atoms with Crippen LogP contribution >= 0.6 is 0 Å². The summed E-state index contributed by atoms with van der Waals surface area (Å²) >= 11 is 2.12. The molecule has 0 aliphatic rings. The van der Waals surface area contributed by atoms with Gasteiger partial charge in [-0.2, -0.15) is 48.5 Å². The molecule has 0 heterocycles. The van der Waals surface area contributed by atoms with Crippen molar-refractivity contribution >= 4 is 29.7 Å². The maximum atomic E-state index is 2.91. The van der Waals surface area contributed by atoms with Gasteiger partial charge in [0.1, 0.15) is 0 Å². The van der Waals surface area contributed by atoms with Crippen LogP contribution in [0.15, 0.2) is 152 Å². The van der Waals surface area contributed by atoms with Crippen molar-refractivity contribution in [3.8, 4) is 22.3 Å². The molecule has 2 heteroatoms. The van der Waals surface area contributed by atoms with Gasteiger partial charge >= 0.3 is 24.4 Å². The molecule has 0 spiro atoms. The van der Waals surface area contributed by atoms with Gasteiger partial charge in [0.05, 0.1) is 0 Å². The molecule has 0 bridgehead atoms. The van der Waals surface area contributed by atoms with E-state index < -0.39 is 0 Å². The number of fused-ring (bicyclic) bond motifs is 2. The van der Waals surface area contributed by atoms with E-state index in [1.165, 1.54) is 54.9 Å². The van der Waals surface area contributed by atoms with Gasteiger partial charge in [-0.15, -0.1) is 69.1 Å². The fourth-order valence-electron chi connectivity index (χ4n) is 5.08. The summed E-state index contributed by atoms with van der Waals surface area (Å²) in [6.45, 7) is 4.41. The molecule has 231 valence electrons. The Morgan fingerprint density at radius 1 is 0.511 bits per heavy atom. The minimum absolute atomic E-state index is 0. The van der Waals surface area contributed by atoms with Gasteiger partial charge in [0.2, 0.25) is 0 Å². The SMILES string of the molecule is CCc1cc2c(-c3ccccc3)cccc2[cH-]1.CCc1cc2c(-c3ccccc3)cccc2[cH-]1.[CH3-].[CH3-].[CH3-].[Si]=[V].[c-]1ccccc1. The van der Waals surface area contributed by atoms with Gasteiger partial charge in [-0.05, 0) is 24.0 Å². The zero-order valence-corrected chi connectivity index (χ0v) is 29.7. The van der Waals surface area contributed by atoms with Crippen LogP contribution in [0.2, 0.25) is 0 Å². The van der Waals surface area contributed by atoms with E-state index in [2.05, 4.69) is 166 Å². The van der Waals surface area contributed by atoms with Crippen molar-refractivity contribution in [1.82, 2.24) is 0 Å². The van der Waals surface area contributed by atoms with Crippen LogP contribution in [-0.2, 0) is 29.1 Å². The molecule has 0 aliphatic heterocycles. The normalized spacial score (nSPS) is 9.36. The third-order valence-electron chi connectivity index (χ3n) is 7.21. The van der Waals surface area contributed by atoms with Gasteiger partial charge in [-0.25, -0.2) is 0 Å². The first-order valence-corrected chi connectivity index (χ1v) is 16.9. The molecular weight excluding hydrogens is 596 g/mol. The average Bonchev–Trinajstić information content (AvgIpc) is 3.72. The minimum atomic E-state index is 0. The van der Waals surface area contributed by atoms with Crippen molar-refractivity contribution in [3.63, 3.8) is 0 Å². The summed E-state index contributed by atoms with van der Waals surface area (Å²) < 4.78 is 0. The van der Waals surface area contributed by atoms with Gasteiger partial charge in [0.25, 0.3) is 0 Å². The Bertz CT molecular complexity index is 1620. The largest absolute Gasteiger partial charge is 0.184 e. The Morgan fingerprint density at radius 2 is 0.889 bits per heavy atom. The molecule has 7 rings (SSSR count). The van der Waals surface area contributed by atoms with Gasteiger partial charge in [-0.1, -0.05) is 97.8 Å². The second kappa shape index (κ2) is 21.0. The van der Waals surface area contributed by atoms with Crippen LogP contribution in [0.4, 0.5) is 0 Å². The van der Waals surface area contributed by atoms with Crippen molar-refractivity contribution in [1.29, 1.82) is 0 Å². The second-order valence-corrected chi connectivity index (χ2v) is 9.86. The summed E-state index contributed by atoms with van der Waals surface area (Å²) in [6, 6.07) is 56.0. The Morgan fingerprint density at radius 3 is 1.20 bits per heavy atom. The van der Waals surface area contributed by atoms with Gasteiger partial charge in [0.15, 0.2) is 0 Å². The van der Waals surface area contributed by atoms with E-state index in [-0.39, 0.29) is 22.3 Å². The van der Waals surface area contributed by atoms with Crippen molar-refractivity contribution in [3.05, 3.63) is 191 Å². The molecule has 0 nitrogen and oxygen atoms in total. The molecule has 0 N–H and O–H groups in total. The molecule has 0 saturated carbocycles. The van der Waals surface area contributed by atoms with E-state index >= 15 is 0 Å². The second-order valence-electron chi connectivity index (χ2n) is 9.86. The molecule has 0 atom stereocenters. The predicted molar refractivity (Wildman–Crippen MR) is 199 cm³/mol. The van der Waals surface area contributed by atoms with E-state index in [1.807, 2.05) is 30.3 Å². The molecule has 2 radical (unpaired) electrons. The first-order valence-electron chi connectivity index (χ1n) is 14.4. The number of hydrogen-bond acceptors (Lipinski definition) is 0. The van der Waals surface area contributed by atoms with Gasteiger partial charge in [0, 0.05) is 0 Å². The molecule has 7 aromatic rings. The maximum absolute atomic E-state index is 2.91. The van der Waals surface area contributed by atoms with Crippen LogP contribution in [0, 0.1) is 28.3 Å². The fourth-order valence-corrected chi connectivity index (χ4v) is 5.08. The van der Waals surface area contributed by atoms with E-state index in [1.54, 1.807) is 0 Å². The minimum Gasteiger partial charge on any atom is -0.184 e. The molecule has 0 aliphatic carbocycles. The number of rotatable bonds is 4. The molecule has 0 aromatic heterocycles. The van der Waals surface area contributed by atoms with Crippen LogP contribution < -0.4 is 0 Å². The van der Waals surface area contributed by atoms with E-state index in [9.17, 15) is 0 Å². The number of benzene rings is 5. The zero-order valence-electron chi connectivity index (χ0n) is 27.3. The van der Waals surface area contributed by atoms with Crippen molar-refractivity contribution in [2.45, 2.75) is 26.7 Å². The summed E-state index contributed by atoms with van der Waals surface area (Å²) in [4.78, 5) is 0. The van der Waals surface area contributed by atoms with Crippen LogP contribution in [0.1, 0.15) is 25.0 Å². The maximum Gasteiger partial charge on any atom is -0.171 e. The summed E-state index contributed by atoms with van der Waals surface area (Å²) in [6.07, 6.45) is 2.20. The third-order valence-corrected chi connectivity index (χ3v) is 7.21. The van der Waals surface area contributed by atoms with Crippen LogP contribution in [0.25, 0.3) is 43.8 Å².